The van der Waals surface area contributed by atoms with Gasteiger partial charge in [0.2, 0.25) is 0 Å². The second-order valence-corrected chi connectivity index (χ2v) is 8.93. The van der Waals surface area contributed by atoms with Gasteiger partial charge in [-0.15, -0.1) is 12.4 Å². The van der Waals surface area contributed by atoms with E-state index in [-0.39, 0.29) is 35.3 Å². The molecule has 3 N–H and O–H groups in total. The summed E-state index contributed by atoms with van der Waals surface area (Å²) in [6.45, 7) is 3.84. The van der Waals surface area contributed by atoms with Crippen molar-refractivity contribution in [1.82, 2.24) is 5.32 Å². The van der Waals surface area contributed by atoms with E-state index in [9.17, 15) is 13.2 Å². The van der Waals surface area contributed by atoms with E-state index in [4.69, 9.17) is 17.3 Å². The van der Waals surface area contributed by atoms with Gasteiger partial charge in [0.25, 0.3) is 15.9 Å². The molecule has 6 nitrogen and oxygen atoms in total. The number of hydrogen-bond acceptors (Lipinski definition) is 4. The van der Waals surface area contributed by atoms with Gasteiger partial charge in [-0.05, 0) is 50.2 Å². The number of hydrogen-bond donors (Lipinski definition) is 2. The number of amides is 1. The predicted molar refractivity (Wildman–Crippen MR) is 111 cm³/mol. The molecule has 0 bridgehead atoms. The molecule has 0 aromatic heterocycles. The zero-order chi connectivity index (χ0) is 19.5. The number of carbonyl (C=O) groups excluding carboxylic acids is 1. The first-order valence-electron chi connectivity index (χ1n) is 7.94. The number of nitrogens with zero attached hydrogens (tertiary/aromatic N) is 1. The number of nitrogens with one attached hydrogen (secondary N) is 1. The lowest BCUT2D eigenvalue weighted by Gasteiger charge is -2.24. The highest BCUT2D eigenvalue weighted by molar-refractivity contribution is 7.92. The minimum Gasteiger partial charge on any atom is -0.346 e. The first-order chi connectivity index (χ1) is 12.1. The molecule has 0 heterocycles. The number of nitrogens with two attached hydrogens (primary N) is 1. The summed E-state index contributed by atoms with van der Waals surface area (Å²) in [6, 6.07) is 12.4. The Kier molecular flexibility index (Phi) is 7.68. The zero-order valence-corrected chi connectivity index (χ0v) is 17.7. The summed E-state index contributed by atoms with van der Waals surface area (Å²) in [5, 5.41) is 3.21. The minimum absolute atomic E-state index is 0. The standard InChI is InChI=1S/C18H22ClN3O3S.ClH/c1-18(2,12-20)21-17(23)13-6-4-9-16(10-13)26(24,25)22(3)15-8-5-7-14(19)11-15;/h4-11H,12,20H2,1-3H3,(H,21,23);1H. The van der Waals surface area contributed by atoms with Crippen LogP contribution in [0.15, 0.2) is 53.4 Å². The van der Waals surface area contributed by atoms with Crippen LogP contribution in [0.1, 0.15) is 24.2 Å². The van der Waals surface area contributed by atoms with Crippen molar-refractivity contribution in [2.75, 3.05) is 17.9 Å². The van der Waals surface area contributed by atoms with Crippen LogP contribution in [0.4, 0.5) is 5.69 Å². The summed E-state index contributed by atoms with van der Waals surface area (Å²) in [5.41, 5.74) is 5.70. The Morgan fingerprint density at radius 1 is 1.19 bits per heavy atom. The largest absolute Gasteiger partial charge is 0.346 e. The molecule has 0 atom stereocenters. The van der Waals surface area contributed by atoms with Crippen LogP contribution in [0.5, 0.6) is 0 Å². The van der Waals surface area contributed by atoms with Crippen molar-refractivity contribution >= 4 is 45.6 Å². The first-order valence-corrected chi connectivity index (χ1v) is 9.76. The topological polar surface area (TPSA) is 92.5 Å². The molecule has 27 heavy (non-hydrogen) atoms. The van der Waals surface area contributed by atoms with E-state index in [1.165, 1.54) is 25.2 Å². The Morgan fingerprint density at radius 3 is 2.41 bits per heavy atom. The maximum atomic E-state index is 12.9. The highest BCUT2D eigenvalue weighted by atomic mass is 35.5. The van der Waals surface area contributed by atoms with Gasteiger partial charge >= 0.3 is 0 Å². The van der Waals surface area contributed by atoms with Crippen LogP contribution in [0.2, 0.25) is 5.02 Å². The molecule has 2 rings (SSSR count). The van der Waals surface area contributed by atoms with E-state index in [1.54, 1.807) is 44.2 Å². The number of carbonyl (C=O) groups is 1. The highest BCUT2D eigenvalue weighted by Gasteiger charge is 2.24. The number of halogens is 2. The van der Waals surface area contributed by atoms with Crippen molar-refractivity contribution in [2.45, 2.75) is 24.3 Å². The molecule has 0 saturated carbocycles. The van der Waals surface area contributed by atoms with Gasteiger partial charge in [0.05, 0.1) is 10.6 Å². The lowest BCUT2D eigenvalue weighted by Crippen LogP contribution is -2.48. The third kappa shape index (κ3) is 5.59. The predicted octanol–water partition coefficient (Wildman–Crippen LogP) is 3.05. The fourth-order valence-corrected chi connectivity index (χ4v) is 3.62. The van der Waals surface area contributed by atoms with Crippen LogP contribution in [0.25, 0.3) is 0 Å². The van der Waals surface area contributed by atoms with Crippen LogP contribution in [-0.4, -0.2) is 33.5 Å². The van der Waals surface area contributed by atoms with Crippen LogP contribution in [0, 0.1) is 0 Å². The summed E-state index contributed by atoms with van der Waals surface area (Å²) < 4.78 is 26.9. The lowest BCUT2D eigenvalue weighted by atomic mass is 10.1. The Morgan fingerprint density at radius 2 is 1.81 bits per heavy atom. The normalized spacial score (nSPS) is 11.4. The number of rotatable bonds is 6. The van der Waals surface area contributed by atoms with Crippen LogP contribution in [-0.2, 0) is 10.0 Å². The van der Waals surface area contributed by atoms with Gasteiger partial charge in [-0.1, -0.05) is 23.7 Å². The van der Waals surface area contributed by atoms with Crippen LogP contribution < -0.4 is 15.4 Å². The van der Waals surface area contributed by atoms with Gasteiger partial charge in [0, 0.05) is 29.7 Å². The summed E-state index contributed by atoms with van der Waals surface area (Å²) >= 11 is 5.94. The Hall–Kier alpha value is -1.80. The van der Waals surface area contributed by atoms with Gasteiger partial charge in [-0.2, -0.15) is 0 Å². The monoisotopic (exact) mass is 431 g/mol. The maximum absolute atomic E-state index is 12.9. The summed E-state index contributed by atoms with van der Waals surface area (Å²) in [6.07, 6.45) is 0. The Balaban J connectivity index is 0.00000364. The molecule has 148 valence electrons. The molecular formula is C18H23Cl2N3O3S. The lowest BCUT2D eigenvalue weighted by molar-refractivity contribution is 0.0915. The molecule has 1 amide bonds. The fourth-order valence-electron chi connectivity index (χ4n) is 2.20. The van der Waals surface area contributed by atoms with E-state index in [0.29, 0.717) is 10.7 Å². The molecule has 0 radical (unpaired) electrons. The van der Waals surface area contributed by atoms with Crippen molar-refractivity contribution in [3.8, 4) is 0 Å². The quantitative estimate of drug-likeness (QED) is 0.734. The molecule has 0 aliphatic carbocycles. The third-order valence-corrected chi connectivity index (χ3v) is 5.91. The van der Waals surface area contributed by atoms with Gasteiger partial charge in [0.15, 0.2) is 0 Å². The molecule has 9 heteroatoms. The number of benzene rings is 2. The smallest absolute Gasteiger partial charge is 0.264 e. The van der Waals surface area contributed by atoms with Crippen molar-refractivity contribution in [1.29, 1.82) is 0 Å². The molecule has 0 unspecified atom stereocenters. The van der Waals surface area contributed by atoms with E-state index >= 15 is 0 Å². The maximum Gasteiger partial charge on any atom is 0.264 e. The van der Waals surface area contributed by atoms with Crippen molar-refractivity contribution in [2.24, 2.45) is 5.73 Å². The second-order valence-electron chi connectivity index (χ2n) is 6.52. The minimum atomic E-state index is -3.84. The SMILES string of the molecule is CN(c1cccc(Cl)c1)S(=O)(=O)c1cccc(C(=O)NC(C)(C)CN)c1.Cl. The molecular weight excluding hydrogens is 409 g/mol. The van der Waals surface area contributed by atoms with E-state index < -0.39 is 15.6 Å². The van der Waals surface area contributed by atoms with Gasteiger partial charge in [-0.3, -0.25) is 9.10 Å². The van der Waals surface area contributed by atoms with Crippen molar-refractivity contribution in [3.63, 3.8) is 0 Å². The number of anilines is 1. The van der Waals surface area contributed by atoms with Gasteiger partial charge in [-0.25, -0.2) is 8.42 Å². The Labute approximate surface area is 171 Å². The number of sulfonamides is 1. The molecule has 0 aliphatic rings. The van der Waals surface area contributed by atoms with E-state index in [0.717, 1.165) is 4.31 Å². The van der Waals surface area contributed by atoms with E-state index in [1.807, 2.05) is 0 Å². The summed E-state index contributed by atoms with van der Waals surface area (Å²) in [5.74, 6) is -0.386. The molecule has 0 spiro atoms. The van der Waals surface area contributed by atoms with Gasteiger partial charge in [0.1, 0.15) is 0 Å². The third-order valence-electron chi connectivity index (χ3n) is 3.89. The highest BCUT2D eigenvalue weighted by Crippen LogP contribution is 2.25. The average molecular weight is 432 g/mol. The molecule has 2 aromatic carbocycles. The zero-order valence-electron chi connectivity index (χ0n) is 15.3. The van der Waals surface area contributed by atoms with Crippen LogP contribution >= 0.6 is 24.0 Å². The van der Waals surface area contributed by atoms with Crippen molar-refractivity contribution < 1.29 is 13.2 Å². The molecule has 0 aliphatic heterocycles. The van der Waals surface area contributed by atoms with Crippen LogP contribution in [0.3, 0.4) is 0 Å². The fraction of sp³-hybridized carbons (Fsp3) is 0.278. The molecule has 2 aromatic rings. The summed E-state index contributed by atoms with van der Waals surface area (Å²) in [4.78, 5) is 12.4. The van der Waals surface area contributed by atoms with Crippen molar-refractivity contribution in [3.05, 3.63) is 59.1 Å². The average Bonchev–Trinajstić information content (AvgIpc) is 2.60. The van der Waals surface area contributed by atoms with Gasteiger partial charge < -0.3 is 11.1 Å². The first kappa shape index (κ1) is 23.2. The summed E-state index contributed by atoms with van der Waals surface area (Å²) in [7, 11) is -2.41. The molecule has 0 fully saturated rings. The molecule has 0 saturated heterocycles. The Bertz CT molecular complexity index is 918. The van der Waals surface area contributed by atoms with E-state index in [2.05, 4.69) is 5.32 Å². The second kappa shape index (κ2) is 8.93.